The fraction of sp³-hybridized carbons (Fsp3) is 0.647. The number of nitrogens with one attached hydrogen (secondary N) is 3. The highest BCUT2D eigenvalue weighted by atomic mass is 32.1. The highest BCUT2D eigenvalue weighted by Crippen LogP contribution is 2.05. The van der Waals surface area contributed by atoms with Crippen LogP contribution in [0.5, 0.6) is 0 Å². The first kappa shape index (κ1) is 29.1. The van der Waals surface area contributed by atoms with Gasteiger partial charge in [0, 0.05) is 5.75 Å². The van der Waals surface area contributed by atoms with Crippen molar-refractivity contribution in [3.8, 4) is 0 Å². The fourth-order valence-electron chi connectivity index (χ4n) is 2.43. The smallest absolute Gasteiger partial charge is 0.326 e. The van der Waals surface area contributed by atoms with Gasteiger partial charge in [0.2, 0.25) is 17.7 Å². The highest BCUT2D eigenvalue weighted by Gasteiger charge is 2.32. The minimum atomic E-state index is -1.85. The summed E-state index contributed by atoms with van der Waals surface area (Å²) in [5.41, 5.74) is 11.0. The van der Waals surface area contributed by atoms with Crippen LogP contribution in [0.4, 0.5) is 0 Å². The SMILES string of the molecule is NCCCCC(NC(=O)C(N)CS)C(=O)NC(CC(=O)O)C(=O)NC(CC(=O)O)C(=O)O. The zero-order chi connectivity index (χ0) is 24.8. The lowest BCUT2D eigenvalue weighted by Gasteiger charge is -2.24. The van der Waals surface area contributed by atoms with E-state index in [0.717, 1.165) is 0 Å². The van der Waals surface area contributed by atoms with Gasteiger partial charge in [-0.3, -0.25) is 24.0 Å². The van der Waals surface area contributed by atoms with Gasteiger partial charge in [0.05, 0.1) is 18.9 Å². The molecule has 32 heavy (non-hydrogen) atoms. The monoisotopic (exact) mass is 479 g/mol. The second-order valence-electron chi connectivity index (χ2n) is 6.79. The van der Waals surface area contributed by atoms with Gasteiger partial charge in [-0.2, -0.15) is 12.6 Å². The largest absolute Gasteiger partial charge is 0.481 e. The maximum absolute atomic E-state index is 12.7. The van der Waals surface area contributed by atoms with Gasteiger partial charge >= 0.3 is 17.9 Å². The number of hydrogen-bond acceptors (Lipinski definition) is 9. The molecule has 0 radical (unpaired) electrons. The molecule has 4 atom stereocenters. The number of amides is 3. The van der Waals surface area contributed by atoms with Crippen LogP contribution in [0.15, 0.2) is 0 Å². The number of carboxylic acid groups (broad SMARTS) is 3. The average Bonchev–Trinajstić information content (AvgIpc) is 2.70. The van der Waals surface area contributed by atoms with Gasteiger partial charge in [0.1, 0.15) is 18.1 Å². The zero-order valence-corrected chi connectivity index (χ0v) is 18.0. The lowest BCUT2D eigenvalue weighted by molar-refractivity contribution is -0.148. The summed E-state index contributed by atoms with van der Waals surface area (Å²) in [7, 11) is 0. The molecule has 0 spiro atoms. The van der Waals surface area contributed by atoms with Crippen molar-refractivity contribution < 1.29 is 44.1 Å². The molecule has 0 heterocycles. The fourth-order valence-corrected chi connectivity index (χ4v) is 2.59. The molecule has 10 N–H and O–H groups in total. The van der Waals surface area contributed by atoms with Crippen molar-refractivity contribution in [1.29, 1.82) is 0 Å². The standard InChI is InChI=1S/C17H29N5O9S/c18-4-2-1-3-9(20-14(27)8(19)7-32)15(28)21-10(5-12(23)24)16(29)22-11(17(30)31)6-13(25)26/h8-11,32H,1-7,18-19H2,(H,20,27)(H,21,28)(H,22,29)(H,23,24)(H,25,26)(H,30,31). The molecule has 3 amide bonds. The summed E-state index contributed by atoms with van der Waals surface area (Å²) in [6.07, 6.45) is -0.843. The molecule has 182 valence electrons. The summed E-state index contributed by atoms with van der Waals surface area (Å²) in [5, 5.41) is 33.3. The number of carbonyl (C=O) groups excluding carboxylic acids is 3. The van der Waals surface area contributed by atoms with Gasteiger partial charge in [-0.1, -0.05) is 0 Å². The van der Waals surface area contributed by atoms with Crippen LogP contribution in [0.3, 0.4) is 0 Å². The zero-order valence-electron chi connectivity index (χ0n) is 17.2. The van der Waals surface area contributed by atoms with Crippen LogP contribution in [0.2, 0.25) is 0 Å². The molecule has 0 aromatic rings. The van der Waals surface area contributed by atoms with Crippen LogP contribution >= 0.6 is 12.6 Å². The minimum Gasteiger partial charge on any atom is -0.481 e. The van der Waals surface area contributed by atoms with E-state index in [1.807, 2.05) is 5.32 Å². The van der Waals surface area contributed by atoms with Crippen molar-refractivity contribution in [1.82, 2.24) is 16.0 Å². The summed E-state index contributed by atoms with van der Waals surface area (Å²) in [6, 6.07) is -5.78. The molecular formula is C17H29N5O9S. The first-order valence-corrected chi connectivity index (χ1v) is 10.2. The molecule has 0 saturated heterocycles. The second kappa shape index (κ2) is 15.0. The minimum absolute atomic E-state index is 0.00677. The molecule has 0 aromatic heterocycles. The van der Waals surface area contributed by atoms with Gasteiger partial charge in [-0.15, -0.1) is 0 Å². The van der Waals surface area contributed by atoms with Gasteiger partial charge in [-0.05, 0) is 25.8 Å². The molecule has 0 fully saturated rings. The molecule has 0 aliphatic heterocycles. The van der Waals surface area contributed by atoms with E-state index < -0.39 is 72.6 Å². The van der Waals surface area contributed by atoms with Crippen LogP contribution in [-0.4, -0.2) is 87.4 Å². The Balaban J connectivity index is 5.49. The van der Waals surface area contributed by atoms with E-state index in [0.29, 0.717) is 19.4 Å². The third-order valence-electron chi connectivity index (χ3n) is 4.12. The summed E-state index contributed by atoms with van der Waals surface area (Å²) in [5.74, 6) is -7.49. The second-order valence-corrected chi connectivity index (χ2v) is 7.16. The van der Waals surface area contributed by atoms with E-state index in [1.165, 1.54) is 0 Å². The predicted molar refractivity (Wildman–Crippen MR) is 113 cm³/mol. The van der Waals surface area contributed by atoms with E-state index >= 15 is 0 Å². The molecule has 15 heteroatoms. The number of carboxylic acids is 3. The maximum Gasteiger partial charge on any atom is 0.326 e. The Hall–Kier alpha value is -2.91. The molecule has 0 saturated carbocycles. The van der Waals surface area contributed by atoms with Gasteiger partial charge in [-0.25, -0.2) is 4.79 Å². The van der Waals surface area contributed by atoms with Crippen molar-refractivity contribution in [2.45, 2.75) is 56.3 Å². The van der Waals surface area contributed by atoms with Gasteiger partial charge in [0.15, 0.2) is 0 Å². The van der Waals surface area contributed by atoms with E-state index in [4.69, 9.17) is 26.8 Å². The van der Waals surface area contributed by atoms with E-state index in [-0.39, 0.29) is 12.2 Å². The topological polar surface area (TPSA) is 251 Å². The Bertz CT molecular complexity index is 706. The van der Waals surface area contributed by atoms with Crippen LogP contribution in [-0.2, 0) is 28.8 Å². The molecule has 0 aliphatic rings. The number of rotatable bonds is 16. The first-order chi connectivity index (χ1) is 14.9. The lowest BCUT2D eigenvalue weighted by atomic mass is 10.1. The van der Waals surface area contributed by atoms with Crippen LogP contribution in [0.25, 0.3) is 0 Å². The van der Waals surface area contributed by atoms with Crippen LogP contribution < -0.4 is 27.4 Å². The summed E-state index contributed by atoms with van der Waals surface area (Å²) in [4.78, 5) is 70.2. The van der Waals surface area contributed by atoms with Crippen molar-refractivity contribution in [2.75, 3.05) is 12.3 Å². The molecule has 14 nitrogen and oxygen atoms in total. The van der Waals surface area contributed by atoms with Crippen molar-refractivity contribution in [2.24, 2.45) is 11.5 Å². The van der Waals surface area contributed by atoms with Crippen LogP contribution in [0.1, 0.15) is 32.1 Å². The number of carbonyl (C=O) groups is 6. The molecular weight excluding hydrogens is 450 g/mol. The quantitative estimate of drug-likeness (QED) is 0.0789. The normalized spacial score (nSPS) is 14.3. The Morgan fingerprint density at radius 2 is 1.22 bits per heavy atom. The number of aliphatic carboxylic acids is 3. The molecule has 0 aliphatic carbocycles. The Labute approximate surface area is 188 Å². The molecule has 0 aromatic carbocycles. The lowest BCUT2D eigenvalue weighted by Crippen LogP contribution is -2.57. The number of nitrogens with two attached hydrogens (primary N) is 2. The third kappa shape index (κ3) is 11.5. The first-order valence-electron chi connectivity index (χ1n) is 9.56. The Kier molecular flexibility index (Phi) is 13.6. The summed E-state index contributed by atoms with van der Waals surface area (Å²) < 4.78 is 0. The van der Waals surface area contributed by atoms with E-state index in [1.54, 1.807) is 0 Å². The highest BCUT2D eigenvalue weighted by molar-refractivity contribution is 7.80. The average molecular weight is 480 g/mol. The molecule has 0 rings (SSSR count). The van der Waals surface area contributed by atoms with Crippen molar-refractivity contribution in [3.05, 3.63) is 0 Å². The Morgan fingerprint density at radius 3 is 1.69 bits per heavy atom. The van der Waals surface area contributed by atoms with Gasteiger partial charge in [0.25, 0.3) is 0 Å². The predicted octanol–water partition coefficient (Wildman–Crippen LogP) is -3.14. The number of thiol groups is 1. The summed E-state index contributed by atoms with van der Waals surface area (Å²) in [6.45, 7) is 0.322. The molecule has 0 bridgehead atoms. The van der Waals surface area contributed by atoms with E-state index in [9.17, 15) is 28.8 Å². The van der Waals surface area contributed by atoms with Crippen LogP contribution in [0, 0.1) is 0 Å². The number of unbranched alkanes of at least 4 members (excludes halogenated alkanes) is 1. The number of hydrogen-bond donors (Lipinski definition) is 9. The third-order valence-corrected chi connectivity index (χ3v) is 4.51. The van der Waals surface area contributed by atoms with Crippen molar-refractivity contribution >= 4 is 48.3 Å². The molecule has 4 unspecified atom stereocenters. The van der Waals surface area contributed by atoms with Gasteiger partial charge < -0.3 is 42.7 Å². The Morgan fingerprint density at radius 1 is 0.750 bits per heavy atom. The van der Waals surface area contributed by atoms with E-state index in [2.05, 4.69) is 23.3 Å². The van der Waals surface area contributed by atoms with Crippen molar-refractivity contribution in [3.63, 3.8) is 0 Å². The maximum atomic E-state index is 12.7. The summed E-state index contributed by atoms with van der Waals surface area (Å²) >= 11 is 3.90.